The average molecular weight is 665 g/mol. The first kappa shape index (κ1) is 33.5. The van der Waals surface area contributed by atoms with E-state index >= 15 is 4.39 Å². The van der Waals surface area contributed by atoms with Crippen LogP contribution in [0.4, 0.5) is 15.9 Å². The molecule has 5 rings (SSSR count). The molecule has 3 N–H and O–H groups in total. The fraction of sp³-hybridized carbons (Fsp3) is 0.324. The lowest BCUT2D eigenvalue weighted by molar-refractivity contribution is -0.147. The number of nitrogens with one attached hydrogen (secondary N) is 1. The predicted molar refractivity (Wildman–Crippen MR) is 175 cm³/mol. The van der Waals surface area contributed by atoms with Crippen LogP contribution >= 0.6 is 0 Å². The molecule has 0 spiro atoms. The fourth-order valence-electron chi connectivity index (χ4n) is 6.05. The molecule has 248 valence electrons. The van der Waals surface area contributed by atoms with Crippen LogP contribution in [-0.4, -0.2) is 63.3 Å². The number of nitrogens with two attached hydrogens (primary N) is 1. The Morgan fingerprint density at radius 3 is 2.40 bits per heavy atom. The van der Waals surface area contributed by atoms with Crippen molar-refractivity contribution >= 4 is 44.0 Å². The Morgan fingerprint density at radius 2 is 1.72 bits per heavy atom. The second kappa shape index (κ2) is 13.4. The van der Waals surface area contributed by atoms with Gasteiger partial charge in [0.25, 0.3) is 0 Å². The number of benzene rings is 3. The molecule has 0 saturated carbocycles. The van der Waals surface area contributed by atoms with Gasteiger partial charge in [0.05, 0.1) is 43.4 Å². The molecule has 1 saturated heterocycles. The number of ether oxygens (including phenoxy) is 3. The van der Waals surface area contributed by atoms with Crippen LogP contribution in [0.2, 0.25) is 0 Å². The highest BCUT2D eigenvalue weighted by atomic mass is 32.2. The summed E-state index contributed by atoms with van der Waals surface area (Å²) < 4.78 is 58.8. The molecule has 0 bridgehead atoms. The molecule has 11 nitrogen and oxygen atoms in total. The molecule has 0 aliphatic carbocycles. The van der Waals surface area contributed by atoms with Gasteiger partial charge in [-0.2, -0.15) is 0 Å². The van der Waals surface area contributed by atoms with E-state index in [2.05, 4.69) is 10.3 Å². The van der Waals surface area contributed by atoms with Gasteiger partial charge in [0, 0.05) is 35.4 Å². The molecular formula is C34H37FN4O7S. The van der Waals surface area contributed by atoms with E-state index in [1.54, 1.807) is 62.5 Å². The summed E-state index contributed by atoms with van der Waals surface area (Å²) in [6, 6.07) is 13.4. The molecule has 0 unspecified atom stereocenters. The maximum Gasteiger partial charge on any atom is 0.311 e. The Bertz CT molecular complexity index is 1940. The van der Waals surface area contributed by atoms with Crippen LogP contribution in [0.1, 0.15) is 43.5 Å². The predicted octanol–water partition coefficient (Wildman–Crippen LogP) is 5.07. The Labute approximate surface area is 272 Å². The molecule has 1 aromatic heterocycles. The van der Waals surface area contributed by atoms with E-state index < -0.39 is 50.8 Å². The summed E-state index contributed by atoms with van der Waals surface area (Å²) in [5, 5.41) is 3.85. The van der Waals surface area contributed by atoms with Gasteiger partial charge in [-0.1, -0.05) is 18.2 Å². The summed E-state index contributed by atoms with van der Waals surface area (Å²) >= 11 is 0. The zero-order chi connectivity index (χ0) is 34.0. The number of rotatable bonds is 10. The van der Waals surface area contributed by atoms with E-state index in [0.29, 0.717) is 16.9 Å². The van der Waals surface area contributed by atoms with Crippen molar-refractivity contribution in [2.45, 2.75) is 42.5 Å². The number of amides is 1. The zero-order valence-electron chi connectivity index (χ0n) is 26.7. The summed E-state index contributed by atoms with van der Waals surface area (Å²) in [6.45, 7) is 3.20. The molecular weight excluding hydrogens is 627 g/mol. The number of hydrogen-bond acceptors (Lipinski definition) is 10. The minimum atomic E-state index is -3.83. The number of methoxy groups -OCH3 is 3. The van der Waals surface area contributed by atoms with Crippen molar-refractivity contribution < 1.29 is 36.6 Å². The maximum absolute atomic E-state index is 15.9. The Kier molecular flexibility index (Phi) is 9.57. The van der Waals surface area contributed by atoms with Gasteiger partial charge in [-0.05, 0) is 67.6 Å². The molecule has 1 fully saturated rings. The van der Waals surface area contributed by atoms with Crippen LogP contribution in [0.3, 0.4) is 0 Å². The summed E-state index contributed by atoms with van der Waals surface area (Å²) in [5.74, 6) is -2.16. The van der Waals surface area contributed by atoms with Crippen LogP contribution in [0, 0.1) is 11.7 Å². The van der Waals surface area contributed by atoms with Crippen LogP contribution in [0.5, 0.6) is 11.5 Å². The van der Waals surface area contributed by atoms with E-state index in [0.717, 1.165) is 11.5 Å². The van der Waals surface area contributed by atoms with Crippen molar-refractivity contribution in [1.29, 1.82) is 0 Å². The number of pyridine rings is 1. The minimum Gasteiger partial charge on any atom is -0.493 e. The monoisotopic (exact) mass is 664 g/mol. The van der Waals surface area contributed by atoms with Crippen molar-refractivity contribution in [1.82, 2.24) is 9.88 Å². The number of carbonyl (C=O) groups is 2. The number of fused-ring (bicyclic) bond motifs is 1. The summed E-state index contributed by atoms with van der Waals surface area (Å²) in [6.07, 6.45) is 1.76. The quantitative estimate of drug-likeness (QED) is 0.220. The summed E-state index contributed by atoms with van der Waals surface area (Å²) in [5.41, 5.74) is 6.74. The van der Waals surface area contributed by atoms with Gasteiger partial charge >= 0.3 is 5.97 Å². The Morgan fingerprint density at radius 1 is 1.02 bits per heavy atom. The second-order valence-electron chi connectivity index (χ2n) is 11.5. The molecule has 3 atom stereocenters. The number of esters is 1. The average Bonchev–Trinajstić information content (AvgIpc) is 3.51. The van der Waals surface area contributed by atoms with Crippen molar-refractivity contribution in [3.8, 4) is 11.5 Å². The minimum absolute atomic E-state index is 0.0103. The number of aromatic nitrogens is 1. The number of sulfone groups is 1. The van der Waals surface area contributed by atoms with Gasteiger partial charge in [0.2, 0.25) is 5.91 Å². The highest BCUT2D eigenvalue weighted by molar-refractivity contribution is 7.92. The Balaban J connectivity index is 1.67. The number of halogens is 1. The van der Waals surface area contributed by atoms with Crippen LogP contribution < -0.4 is 20.5 Å². The Hall–Kier alpha value is -4.91. The normalized spacial score (nSPS) is 17.0. The van der Waals surface area contributed by atoms with E-state index in [4.69, 9.17) is 19.9 Å². The van der Waals surface area contributed by atoms with Gasteiger partial charge in [-0.25, -0.2) is 17.8 Å². The van der Waals surface area contributed by atoms with Gasteiger partial charge in [-0.15, -0.1) is 0 Å². The van der Waals surface area contributed by atoms with Crippen LogP contribution in [0.25, 0.3) is 10.8 Å². The van der Waals surface area contributed by atoms with E-state index in [9.17, 15) is 18.0 Å². The highest BCUT2D eigenvalue weighted by Gasteiger charge is 2.46. The molecule has 0 radical (unpaired) electrons. The first-order valence-electron chi connectivity index (χ1n) is 15.0. The number of nitrogen functional groups attached to an aromatic ring is 1. The number of nitrogens with zero attached hydrogens (tertiary/aromatic N) is 2. The standard InChI is InChI=1S/C34H37FN4O7S/c1-19(2)47(42,43)29-9-7-6-8-23(29)31-24(34(41)46-5)13-15-39(31)33(40)30(25-17-27(44-3)28(45-4)18-26(25)35)38-21-10-11-22-20(16-21)12-14-37-32(22)36/h6-12,14,16-19,24,30-31,38H,13,15H2,1-5H3,(H2,36,37)/t24-,30+,31-/m0/s1. The van der Waals surface area contributed by atoms with Gasteiger partial charge < -0.3 is 30.2 Å². The molecule has 1 aliphatic heterocycles. The SMILES string of the molecule is COC(=O)[C@H]1CCN(C(=O)[C@H](Nc2ccc3c(N)nccc3c2)c2cc(OC)c(OC)cc2F)[C@H]1c1ccccc1S(=O)(=O)C(C)C. The lowest BCUT2D eigenvalue weighted by atomic mass is 9.93. The smallest absolute Gasteiger partial charge is 0.311 e. The van der Waals surface area contributed by atoms with Gasteiger partial charge in [0.15, 0.2) is 21.3 Å². The molecule has 4 aromatic rings. The van der Waals surface area contributed by atoms with Crippen molar-refractivity contribution in [2.75, 3.05) is 38.9 Å². The van der Waals surface area contributed by atoms with Gasteiger partial charge in [0.1, 0.15) is 17.7 Å². The lowest BCUT2D eigenvalue weighted by Crippen LogP contribution is -2.40. The van der Waals surface area contributed by atoms with Gasteiger partial charge in [-0.3, -0.25) is 9.59 Å². The first-order valence-corrected chi connectivity index (χ1v) is 16.5. The summed E-state index contributed by atoms with van der Waals surface area (Å²) in [4.78, 5) is 33.5. The number of hydrogen-bond donors (Lipinski definition) is 2. The lowest BCUT2D eigenvalue weighted by Gasteiger charge is -2.33. The molecule has 1 aliphatic rings. The number of carbonyl (C=O) groups excluding carboxylic acids is 2. The molecule has 1 amide bonds. The van der Waals surface area contributed by atoms with Crippen molar-refractivity contribution in [3.63, 3.8) is 0 Å². The van der Waals surface area contributed by atoms with E-state index in [-0.39, 0.29) is 40.5 Å². The fourth-order valence-corrected chi connectivity index (χ4v) is 7.34. The third-order valence-corrected chi connectivity index (χ3v) is 10.7. The van der Waals surface area contributed by atoms with Crippen LogP contribution in [-0.2, 0) is 24.2 Å². The number of anilines is 2. The topological polar surface area (TPSA) is 150 Å². The summed E-state index contributed by atoms with van der Waals surface area (Å²) in [7, 11) is 0.183. The second-order valence-corrected chi connectivity index (χ2v) is 13.9. The zero-order valence-corrected chi connectivity index (χ0v) is 27.5. The molecule has 2 heterocycles. The molecule has 47 heavy (non-hydrogen) atoms. The number of likely N-dealkylation sites (tertiary alicyclic amines) is 1. The van der Waals surface area contributed by atoms with Crippen molar-refractivity contribution in [3.05, 3.63) is 83.8 Å². The van der Waals surface area contributed by atoms with Crippen molar-refractivity contribution in [2.24, 2.45) is 5.92 Å². The molecule has 13 heteroatoms. The third-order valence-electron chi connectivity index (χ3n) is 8.52. The highest BCUT2D eigenvalue weighted by Crippen LogP contribution is 2.44. The third kappa shape index (κ3) is 6.27. The maximum atomic E-state index is 15.9. The largest absolute Gasteiger partial charge is 0.493 e. The van der Waals surface area contributed by atoms with E-state index in [1.807, 2.05) is 0 Å². The molecule has 3 aromatic carbocycles. The van der Waals surface area contributed by atoms with Crippen LogP contribution in [0.15, 0.2) is 71.8 Å². The first-order chi connectivity index (χ1) is 22.4. The van der Waals surface area contributed by atoms with E-state index in [1.165, 1.54) is 38.4 Å².